The second kappa shape index (κ2) is 7.44. The summed E-state index contributed by atoms with van der Waals surface area (Å²) in [7, 11) is 0. The fraction of sp³-hybridized carbons (Fsp3) is 0.353. The summed E-state index contributed by atoms with van der Waals surface area (Å²) in [6.45, 7) is 5.27. The average molecular weight is 344 g/mol. The fourth-order valence-electron chi connectivity index (χ4n) is 2.47. The van der Waals surface area contributed by atoms with Crippen LogP contribution in [0, 0.1) is 6.92 Å². The number of rotatable bonds is 7. The summed E-state index contributed by atoms with van der Waals surface area (Å²) >= 11 is 1.40. The number of hydrogen-bond acceptors (Lipinski definition) is 6. The van der Waals surface area contributed by atoms with Gasteiger partial charge >= 0.3 is 0 Å². The number of carbonyl (C=O) groups excluding carboxylic acids is 1. The van der Waals surface area contributed by atoms with Gasteiger partial charge in [-0.1, -0.05) is 13.3 Å². The summed E-state index contributed by atoms with van der Waals surface area (Å²) in [5, 5.41) is 7.13. The minimum absolute atomic E-state index is 0.0408. The standard InChI is InChI=1S/C17H20N4O2S/c1-3-4-7-18-16(22)14-11(2)13-15(20-10-21-17(13)24-14)19-9-12-6-5-8-23-12/h5-6,8,10H,3-4,7,9H2,1-2H3,(H,18,22)(H,19,20,21). The number of anilines is 1. The number of amides is 1. The molecule has 0 fully saturated rings. The van der Waals surface area contributed by atoms with Gasteiger partial charge < -0.3 is 15.1 Å². The van der Waals surface area contributed by atoms with Crippen LogP contribution in [0.15, 0.2) is 29.1 Å². The Hall–Kier alpha value is -2.41. The molecule has 0 aliphatic rings. The summed E-state index contributed by atoms with van der Waals surface area (Å²) in [4.78, 5) is 22.5. The topological polar surface area (TPSA) is 80.0 Å². The zero-order valence-corrected chi connectivity index (χ0v) is 14.6. The Labute approximate surface area is 144 Å². The van der Waals surface area contributed by atoms with Crippen LogP contribution in [0.25, 0.3) is 10.2 Å². The van der Waals surface area contributed by atoms with Gasteiger partial charge in [-0.25, -0.2) is 9.97 Å². The van der Waals surface area contributed by atoms with E-state index in [2.05, 4.69) is 27.5 Å². The number of furan rings is 1. The Balaban J connectivity index is 1.84. The zero-order chi connectivity index (χ0) is 16.9. The van der Waals surface area contributed by atoms with E-state index < -0.39 is 0 Å². The molecule has 2 N–H and O–H groups in total. The van der Waals surface area contributed by atoms with E-state index in [1.807, 2.05) is 19.1 Å². The third-order valence-corrected chi connectivity index (χ3v) is 4.96. The highest BCUT2D eigenvalue weighted by atomic mass is 32.1. The Morgan fingerprint density at radius 2 is 2.25 bits per heavy atom. The minimum Gasteiger partial charge on any atom is -0.467 e. The van der Waals surface area contributed by atoms with E-state index in [1.165, 1.54) is 17.7 Å². The molecule has 0 saturated carbocycles. The number of hydrogen-bond donors (Lipinski definition) is 2. The van der Waals surface area contributed by atoms with Crippen molar-refractivity contribution in [3.05, 3.63) is 40.9 Å². The maximum Gasteiger partial charge on any atom is 0.261 e. The van der Waals surface area contributed by atoms with E-state index in [0.29, 0.717) is 18.0 Å². The first-order valence-electron chi connectivity index (χ1n) is 7.99. The molecular formula is C17H20N4O2S. The second-order valence-electron chi connectivity index (χ2n) is 5.50. The van der Waals surface area contributed by atoms with Gasteiger partial charge in [-0.05, 0) is 31.0 Å². The summed E-state index contributed by atoms with van der Waals surface area (Å²) < 4.78 is 5.33. The number of nitrogens with one attached hydrogen (secondary N) is 2. The smallest absolute Gasteiger partial charge is 0.261 e. The number of aromatic nitrogens is 2. The number of carbonyl (C=O) groups is 1. The van der Waals surface area contributed by atoms with Gasteiger partial charge in [0.25, 0.3) is 5.91 Å². The maximum atomic E-state index is 12.4. The molecule has 24 heavy (non-hydrogen) atoms. The maximum absolute atomic E-state index is 12.4. The molecule has 0 bridgehead atoms. The second-order valence-corrected chi connectivity index (χ2v) is 6.50. The van der Waals surface area contributed by atoms with Crippen LogP contribution in [0.3, 0.4) is 0 Å². The molecule has 0 spiro atoms. The molecule has 3 aromatic rings. The molecule has 3 rings (SSSR count). The summed E-state index contributed by atoms with van der Waals surface area (Å²) in [5.74, 6) is 1.51. The van der Waals surface area contributed by atoms with Crippen LogP contribution in [0.2, 0.25) is 0 Å². The van der Waals surface area contributed by atoms with Crippen molar-refractivity contribution in [1.29, 1.82) is 0 Å². The van der Waals surface area contributed by atoms with Gasteiger partial charge in [-0.2, -0.15) is 0 Å². The highest BCUT2D eigenvalue weighted by molar-refractivity contribution is 7.20. The lowest BCUT2D eigenvalue weighted by Crippen LogP contribution is -2.23. The first kappa shape index (κ1) is 16.4. The van der Waals surface area contributed by atoms with E-state index in [9.17, 15) is 4.79 Å². The molecule has 3 aromatic heterocycles. The lowest BCUT2D eigenvalue weighted by atomic mass is 10.2. The van der Waals surface area contributed by atoms with E-state index in [-0.39, 0.29) is 5.91 Å². The van der Waals surface area contributed by atoms with Gasteiger partial charge in [0.1, 0.15) is 22.7 Å². The van der Waals surface area contributed by atoms with Gasteiger partial charge in [-0.15, -0.1) is 11.3 Å². The number of nitrogens with zero attached hydrogens (tertiary/aromatic N) is 2. The summed E-state index contributed by atoms with van der Waals surface area (Å²) in [5.41, 5.74) is 0.909. The predicted molar refractivity (Wildman–Crippen MR) is 95.4 cm³/mol. The quantitative estimate of drug-likeness (QED) is 0.638. The van der Waals surface area contributed by atoms with Crippen molar-refractivity contribution >= 4 is 33.3 Å². The van der Waals surface area contributed by atoms with Crippen LogP contribution >= 0.6 is 11.3 Å². The SMILES string of the molecule is CCCCNC(=O)c1sc2ncnc(NCc3ccco3)c2c1C. The van der Waals surface area contributed by atoms with Crippen molar-refractivity contribution in [2.45, 2.75) is 33.2 Å². The number of thiophene rings is 1. The van der Waals surface area contributed by atoms with Crippen molar-refractivity contribution < 1.29 is 9.21 Å². The average Bonchev–Trinajstić information content (AvgIpc) is 3.21. The molecule has 0 aromatic carbocycles. The first-order chi connectivity index (χ1) is 11.7. The molecule has 126 valence electrons. The third-order valence-electron chi connectivity index (χ3n) is 3.76. The largest absolute Gasteiger partial charge is 0.467 e. The molecular weight excluding hydrogens is 324 g/mol. The molecule has 0 aliphatic heterocycles. The Morgan fingerprint density at radius 1 is 1.38 bits per heavy atom. The molecule has 6 nitrogen and oxygen atoms in total. The minimum atomic E-state index is -0.0408. The molecule has 1 amide bonds. The number of fused-ring (bicyclic) bond motifs is 1. The monoisotopic (exact) mass is 344 g/mol. The van der Waals surface area contributed by atoms with E-state index in [1.54, 1.807) is 6.26 Å². The molecule has 0 aliphatic carbocycles. The molecule has 7 heteroatoms. The van der Waals surface area contributed by atoms with Crippen molar-refractivity contribution in [2.75, 3.05) is 11.9 Å². The zero-order valence-electron chi connectivity index (χ0n) is 13.8. The summed E-state index contributed by atoms with van der Waals surface area (Å²) in [6.07, 6.45) is 5.19. The Bertz CT molecular complexity index is 827. The van der Waals surface area contributed by atoms with E-state index >= 15 is 0 Å². The van der Waals surface area contributed by atoms with Crippen molar-refractivity contribution in [1.82, 2.24) is 15.3 Å². The van der Waals surface area contributed by atoms with Crippen LogP contribution in [-0.4, -0.2) is 22.4 Å². The van der Waals surface area contributed by atoms with E-state index in [4.69, 9.17) is 4.42 Å². The van der Waals surface area contributed by atoms with Gasteiger partial charge in [-0.3, -0.25) is 4.79 Å². The van der Waals surface area contributed by atoms with Gasteiger partial charge in [0.2, 0.25) is 0 Å². The van der Waals surface area contributed by atoms with Crippen LogP contribution < -0.4 is 10.6 Å². The predicted octanol–water partition coefficient (Wildman–Crippen LogP) is 3.73. The fourth-order valence-corrected chi connectivity index (χ4v) is 3.53. The van der Waals surface area contributed by atoms with E-state index in [0.717, 1.165) is 40.2 Å². The highest BCUT2D eigenvalue weighted by Gasteiger charge is 2.19. The van der Waals surface area contributed by atoms with Crippen molar-refractivity contribution in [3.8, 4) is 0 Å². The van der Waals surface area contributed by atoms with Crippen molar-refractivity contribution in [2.24, 2.45) is 0 Å². The van der Waals surface area contributed by atoms with Crippen LogP contribution in [0.1, 0.15) is 40.8 Å². The Kier molecular flexibility index (Phi) is 5.10. The lowest BCUT2D eigenvalue weighted by Gasteiger charge is -2.06. The molecule has 0 saturated heterocycles. The van der Waals surface area contributed by atoms with Gasteiger partial charge in [0.05, 0.1) is 23.1 Å². The number of unbranched alkanes of at least 4 members (excludes halogenated alkanes) is 1. The molecule has 0 radical (unpaired) electrons. The molecule has 3 heterocycles. The molecule has 0 atom stereocenters. The van der Waals surface area contributed by atoms with Crippen molar-refractivity contribution in [3.63, 3.8) is 0 Å². The molecule has 0 unspecified atom stereocenters. The van der Waals surface area contributed by atoms with Crippen LogP contribution in [0.5, 0.6) is 0 Å². The summed E-state index contributed by atoms with van der Waals surface area (Å²) in [6, 6.07) is 3.75. The highest BCUT2D eigenvalue weighted by Crippen LogP contribution is 2.33. The normalized spacial score (nSPS) is 10.9. The van der Waals surface area contributed by atoms with Gasteiger partial charge in [0, 0.05) is 6.54 Å². The lowest BCUT2D eigenvalue weighted by molar-refractivity contribution is 0.0957. The van der Waals surface area contributed by atoms with Crippen LogP contribution in [-0.2, 0) is 6.54 Å². The van der Waals surface area contributed by atoms with Gasteiger partial charge in [0.15, 0.2) is 0 Å². The third kappa shape index (κ3) is 3.41. The Morgan fingerprint density at radius 3 is 3.00 bits per heavy atom. The number of aryl methyl sites for hydroxylation is 1. The van der Waals surface area contributed by atoms with Crippen LogP contribution in [0.4, 0.5) is 5.82 Å². The first-order valence-corrected chi connectivity index (χ1v) is 8.81.